The lowest BCUT2D eigenvalue weighted by molar-refractivity contribution is 0.873. The number of aromatic amines is 1. The molecule has 92 valence electrons. The van der Waals surface area contributed by atoms with Crippen molar-refractivity contribution in [2.75, 3.05) is 5.32 Å². The zero-order valence-electron chi connectivity index (χ0n) is 10.1. The van der Waals surface area contributed by atoms with Gasteiger partial charge in [0.1, 0.15) is 5.82 Å². The third-order valence-electron chi connectivity index (χ3n) is 2.87. The molecule has 7 heteroatoms. The van der Waals surface area contributed by atoms with Crippen molar-refractivity contribution in [3.05, 3.63) is 36.2 Å². The summed E-state index contributed by atoms with van der Waals surface area (Å²) in [6, 6.07) is 0.0967. The predicted molar refractivity (Wildman–Crippen MR) is 66.1 cm³/mol. The Kier molecular flexibility index (Phi) is 2.44. The number of aryl methyl sites for hydroxylation is 1. The zero-order chi connectivity index (χ0) is 12.5. The molecule has 0 saturated carbocycles. The van der Waals surface area contributed by atoms with Crippen LogP contribution >= 0.6 is 0 Å². The van der Waals surface area contributed by atoms with E-state index in [1.807, 2.05) is 30.6 Å². The van der Waals surface area contributed by atoms with E-state index in [0.717, 1.165) is 17.0 Å². The number of H-pyrrole nitrogens is 1. The number of nitrogens with zero attached hydrogens (tertiary/aromatic N) is 5. The lowest BCUT2D eigenvalue weighted by Crippen LogP contribution is -2.08. The molecule has 18 heavy (non-hydrogen) atoms. The van der Waals surface area contributed by atoms with Gasteiger partial charge in [-0.25, -0.2) is 4.98 Å². The second-order valence-corrected chi connectivity index (χ2v) is 4.11. The van der Waals surface area contributed by atoms with Gasteiger partial charge in [-0.05, 0) is 13.8 Å². The lowest BCUT2D eigenvalue weighted by Gasteiger charge is -2.12. The Morgan fingerprint density at radius 1 is 1.39 bits per heavy atom. The second kappa shape index (κ2) is 4.10. The molecule has 2 N–H and O–H groups in total. The van der Waals surface area contributed by atoms with Crippen molar-refractivity contribution in [2.45, 2.75) is 19.9 Å². The standard InChI is InChI=1S/C11H13N7/c1-7(9-5-13-14-6-9)15-10-11-17-16-8(2)18(11)4-3-12-10/h3-7H,1-2H3,(H,12,15)(H,13,14). The average Bonchev–Trinajstić information content (AvgIpc) is 3.00. The SMILES string of the molecule is Cc1nnc2c(NC(C)c3cn[nH]c3)nccn12. The van der Waals surface area contributed by atoms with Crippen molar-refractivity contribution in [3.8, 4) is 0 Å². The summed E-state index contributed by atoms with van der Waals surface area (Å²) in [6.45, 7) is 3.95. The summed E-state index contributed by atoms with van der Waals surface area (Å²) in [6.07, 6.45) is 7.21. The van der Waals surface area contributed by atoms with Crippen molar-refractivity contribution in [1.29, 1.82) is 0 Å². The molecule has 1 unspecified atom stereocenters. The van der Waals surface area contributed by atoms with E-state index in [1.165, 1.54) is 0 Å². The summed E-state index contributed by atoms with van der Waals surface area (Å²) in [5, 5.41) is 18.2. The molecule has 1 atom stereocenters. The molecule has 7 nitrogen and oxygen atoms in total. The van der Waals surface area contributed by atoms with E-state index in [4.69, 9.17) is 0 Å². The largest absolute Gasteiger partial charge is 0.360 e. The summed E-state index contributed by atoms with van der Waals surface area (Å²) >= 11 is 0. The van der Waals surface area contributed by atoms with E-state index in [1.54, 1.807) is 12.4 Å². The van der Waals surface area contributed by atoms with Crippen LogP contribution in [0.5, 0.6) is 0 Å². The smallest absolute Gasteiger partial charge is 0.203 e. The average molecular weight is 243 g/mol. The molecule has 3 aromatic heterocycles. The second-order valence-electron chi connectivity index (χ2n) is 4.11. The molecule has 0 amide bonds. The molecule has 0 aliphatic rings. The molecule has 0 saturated heterocycles. The Hall–Kier alpha value is -2.44. The first kappa shape index (κ1) is 10.7. The van der Waals surface area contributed by atoms with Crippen LogP contribution in [0, 0.1) is 6.92 Å². The number of aromatic nitrogens is 6. The van der Waals surface area contributed by atoms with Gasteiger partial charge in [-0.2, -0.15) is 5.10 Å². The molecule has 0 aromatic carbocycles. The highest BCUT2D eigenvalue weighted by molar-refractivity contribution is 5.62. The minimum absolute atomic E-state index is 0.0967. The summed E-state index contributed by atoms with van der Waals surface area (Å²) in [5.74, 6) is 1.55. The number of rotatable bonds is 3. The van der Waals surface area contributed by atoms with Crippen LogP contribution in [0.25, 0.3) is 5.65 Å². The first-order chi connectivity index (χ1) is 8.75. The predicted octanol–water partition coefficient (Wildman–Crippen LogP) is 1.33. The highest BCUT2D eigenvalue weighted by Gasteiger charge is 2.12. The Balaban J connectivity index is 1.95. The van der Waals surface area contributed by atoms with Crippen molar-refractivity contribution in [3.63, 3.8) is 0 Å². The maximum Gasteiger partial charge on any atom is 0.203 e. The van der Waals surface area contributed by atoms with Gasteiger partial charge in [-0.15, -0.1) is 10.2 Å². The third kappa shape index (κ3) is 1.69. The van der Waals surface area contributed by atoms with Gasteiger partial charge in [0.15, 0.2) is 5.82 Å². The molecule has 3 rings (SSSR count). The Morgan fingerprint density at radius 2 is 2.28 bits per heavy atom. The van der Waals surface area contributed by atoms with Crippen molar-refractivity contribution in [1.82, 2.24) is 29.8 Å². The number of fused-ring (bicyclic) bond motifs is 1. The topological polar surface area (TPSA) is 83.8 Å². The fourth-order valence-corrected chi connectivity index (χ4v) is 1.83. The Labute approximate surface area is 103 Å². The minimum Gasteiger partial charge on any atom is -0.360 e. The molecule has 0 aliphatic carbocycles. The molecule has 0 radical (unpaired) electrons. The summed E-state index contributed by atoms with van der Waals surface area (Å²) in [5.41, 5.74) is 1.79. The minimum atomic E-state index is 0.0967. The highest BCUT2D eigenvalue weighted by atomic mass is 15.3. The van der Waals surface area contributed by atoms with E-state index in [-0.39, 0.29) is 6.04 Å². The summed E-state index contributed by atoms with van der Waals surface area (Å²) in [4.78, 5) is 4.31. The highest BCUT2D eigenvalue weighted by Crippen LogP contribution is 2.19. The van der Waals surface area contributed by atoms with E-state index in [2.05, 4.69) is 30.7 Å². The molecule has 0 aliphatic heterocycles. The molecule has 3 heterocycles. The normalized spacial score (nSPS) is 12.8. The molecular weight excluding hydrogens is 230 g/mol. The maximum absolute atomic E-state index is 4.31. The number of nitrogens with one attached hydrogen (secondary N) is 2. The van der Waals surface area contributed by atoms with Crippen LogP contribution in [0.3, 0.4) is 0 Å². The van der Waals surface area contributed by atoms with Gasteiger partial charge in [0.2, 0.25) is 5.65 Å². The third-order valence-corrected chi connectivity index (χ3v) is 2.87. The van der Waals surface area contributed by atoms with Crippen molar-refractivity contribution >= 4 is 11.5 Å². The van der Waals surface area contributed by atoms with Gasteiger partial charge in [-0.3, -0.25) is 9.50 Å². The first-order valence-electron chi connectivity index (χ1n) is 5.67. The fraction of sp³-hybridized carbons (Fsp3) is 0.273. The molecule has 0 spiro atoms. The molecule has 0 fully saturated rings. The summed E-state index contributed by atoms with van der Waals surface area (Å²) < 4.78 is 1.90. The van der Waals surface area contributed by atoms with E-state index >= 15 is 0 Å². The van der Waals surface area contributed by atoms with Crippen LogP contribution in [0.1, 0.15) is 24.4 Å². The number of anilines is 1. The first-order valence-corrected chi connectivity index (χ1v) is 5.67. The zero-order valence-corrected chi connectivity index (χ0v) is 10.1. The van der Waals surface area contributed by atoms with Gasteiger partial charge >= 0.3 is 0 Å². The van der Waals surface area contributed by atoms with E-state index < -0.39 is 0 Å². The maximum atomic E-state index is 4.31. The van der Waals surface area contributed by atoms with Gasteiger partial charge < -0.3 is 5.32 Å². The van der Waals surface area contributed by atoms with Crippen LogP contribution in [-0.2, 0) is 0 Å². The van der Waals surface area contributed by atoms with Crippen molar-refractivity contribution in [2.24, 2.45) is 0 Å². The van der Waals surface area contributed by atoms with Crippen molar-refractivity contribution < 1.29 is 0 Å². The van der Waals surface area contributed by atoms with Gasteiger partial charge in [0.25, 0.3) is 0 Å². The fourth-order valence-electron chi connectivity index (χ4n) is 1.83. The van der Waals surface area contributed by atoms with Gasteiger partial charge in [-0.1, -0.05) is 0 Å². The summed E-state index contributed by atoms with van der Waals surface area (Å²) in [7, 11) is 0. The van der Waals surface area contributed by atoms with Gasteiger partial charge in [0, 0.05) is 24.2 Å². The van der Waals surface area contributed by atoms with Crippen LogP contribution in [0.15, 0.2) is 24.8 Å². The quantitative estimate of drug-likeness (QED) is 0.725. The number of hydrogen-bond acceptors (Lipinski definition) is 5. The van der Waals surface area contributed by atoms with Crippen LogP contribution < -0.4 is 5.32 Å². The Bertz CT molecular complexity index is 655. The molecule has 0 bridgehead atoms. The van der Waals surface area contributed by atoms with E-state index in [9.17, 15) is 0 Å². The monoisotopic (exact) mass is 243 g/mol. The molecular formula is C11H13N7. The lowest BCUT2D eigenvalue weighted by atomic mass is 10.2. The van der Waals surface area contributed by atoms with Crippen LogP contribution in [0.4, 0.5) is 5.82 Å². The number of hydrogen-bond donors (Lipinski definition) is 2. The Morgan fingerprint density at radius 3 is 3.06 bits per heavy atom. The van der Waals surface area contributed by atoms with Crippen LogP contribution in [-0.4, -0.2) is 29.8 Å². The van der Waals surface area contributed by atoms with Crippen LogP contribution in [0.2, 0.25) is 0 Å². The molecule has 3 aromatic rings. The van der Waals surface area contributed by atoms with E-state index in [0.29, 0.717) is 5.82 Å². The van der Waals surface area contributed by atoms with Gasteiger partial charge in [0.05, 0.1) is 12.2 Å².